The van der Waals surface area contributed by atoms with Crippen molar-refractivity contribution in [3.63, 3.8) is 0 Å². The minimum Gasteiger partial charge on any atom is -0.207 e. The Kier molecular flexibility index (Phi) is 5.86. The van der Waals surface area contributed by atoms with E-state index in [-0.39, 0.29) is 11.4 Å². The smallest absolute Gasteiger partial charge is 0.207 e. The van der Waals surface area contributed by atoms with Crippen molar-refractivity contribution in [3.8, 4) is 12.3 Å². The molecule has 1 rings (SSSR count). The summed E-state index contributed by atoms with van der Waals surface area (Å²) in [5, 5.41) is 0. The van der Waals surface area contributed by atoms with Gasteiger partial charge < -0.3 is 0 Å². The van der Waals surface area contributed by atoms with Crippen molar-refractivity contribution in [3.05, 3.63) is 27.1 Å². The molecule has 0 bridgehead atoms. The zero-order valence-electron chi connectivity index (χ0n) is 9.86. The fraction of sp³-hybridized carbons (Fsp3) is 0.333. The highest BCUT2D eigenvalue weighted by Crippen LogP contribution is 2.28. The zero-order valence-corrected chi connectivity index (χ0v) is 13.8. The third-order valence-electron chi connectivity index (χ3n) is 2.25. The standard InChI is InChI=1S/C12H13Br2NO2S/c1-3-7-15(8-4-2)18(16,17)12-9-10(13)5-6-11(12)14/h1,5-6,9H,4,7-8H2,2H3. The van der Waals surface area contributed by atoms with Crippen LogP contribution < -0.4 is 0 Å². The van der Waals surface area contributed by atoms with Crippen LogP contribution in [-0.2, 0) is 10.0 Å². The monoisotopic (exact) mass is 393 g/mol. The van der Waals surface area contributed by atoms with Crippen LogP contribution in [0.15, 0.2) is 32.0 Å². The predicted molar refractivity (Wildman–Crippen MR) is 79.7 cm³/mol. The minimum atomic E-state index is -3.56. The highest BCUT2D eigenvalue weighted by molar-refractivity contribution is 9.11. The van der Waals surface area contributed by atoms with E-state index in [1.807, 2.05) is 6.92 Å². The van der Waals surface area contributed by atoms with Crippen LogP contribution in [-0.4, -0.2) is 25.8 Å². The van der Waals surface area contributed by atoms with E-state index in [1.54, 1.807) is 18.2 Å². The molecule has 0 N–H and O–H groups in total. The molecule has 0 aromatic heterocycles. The SMILES string of the molecule is C#CCN(CCC)S(=O)(=O)c1cc(Br)ccc1Br. The molecule has 18 heavy (non-hydrogen) atoms. The third kappa shape index (κ3) is 3.58. The largest absolute Gasteiger partial charge is 0.245 e. The Morgan fingerprint density at radius 1 is 1.39 bits per heavy atom. The summed E-state index contributed by atoms with van der Waals surface area (Å²) in [6, 6.07) is 5.03. The number of hydrogen-bond acceptors (Lipinski definition) is 2. The zero-order chi connectivity index (χ0) is 13.8. The molecule has 6 heteroatoms. The Hall–Kier alpha value is -0.350. The summed E-state index contributed by atoms with van der Waals surface area (Å²) in [6.45, 7) is 2.40. The molecule has 0 atom stereocenters. The molecule has 1 aromatic rings. The van der Waals surface area contributed by atoms with Crippen LogP contribution in [0.4, 0.5) is 0 Å². The van der Waals surface area contributed by atoms with Crippen LogP contribution in [0.5, 0.6) is 0 Å². The lowest BCUT2D eigenvalue weighted by Gasteiger charge is -2.20. The van der Waals surface area contributed by atoms with E-state index in [2.05, 4.69) is 37.8 Å². The van der Waals surface area contributed by atoms with Crippen LogP contribution >= 0.6 is 31.9 Å². The molecule has 0 saturated carbocycles. The van der Waals surface area contributed by atoms with Crippen LogP contribution in [0.3, 0.4) is 0 Å². The van der Waals surface area contributed by atoms with E-state index >= 15 is 0 Å². The maximum absolute atomic E-state index is 12.5. The van der Waals surface area contributed by atoms with Crippen LogP contribution in [0.25, 0.3) is 0 Å². The van der Waals surface area contributed by atoms with E-state index in [1.165, 1.54) is 4.31 Å². The van der Waals surface area contributed by atoms with Gasteiger partial charge >= 0.3 is 0 Å². The van der Waals surface area contributed by atoms with E-state index in [4.69, 9.17) is 6.42 Å². The quantitative estimate of drug-likeness (QED) is 0.719. The number of nitrogens with zero attached hydrogens (tertiary/aromatic N) is 1. The average Bonchev–Trinajstić information content (AvgIpc) is 2.32. The summed E-state index contributed by atoms with van der Waals surface area (Å²) in [7, 11) is -3.56. The summed E-state index contributed by atoms with van der Waals surface area (Å²) in [5.74, 6) is 2.38. The fourth-order valence-corrected chi connectivity index (χ4v) is 4.36. The van der Waals surface area contributed by atoms with Crippen molar-refractivity contribution < 1.29 is 8.42 Å². The van der Waals surface area contributed by atoms with Crippen molar-refractivity contribution in [2.45, 2.75) is 18.2 Å². The Bertz CT molecular complexity index is 564. The molecule has 0 heterocycles. The van der Waals surface area contributed by atoms with Crippen LogP contribution in [0.2, 0.25) is 0 Å². The second-order valence-electron chi connectivity index (χ2n) is 3.62. The first-order valence-corrected chi connectivity index (χ1v) is 8.34. The van der Waals surface area contributed by atoms with E-state index in [9.17, 15) is 8.42 Å². The molecular formula is C12H13Br2NO2S. The van der Waals surface area contributed by atoms with E-state index in [0.29, 0.717) is 21.9 Å². The molecular weight excluding hydrogens is 382 g/mol. The van der Waals surface area contributed by atoms with Crippen molar-refractivity contribution in [2.75, 3.05) is 13.1 Å². The van der Waals surface area contributed by atoms with Gasteiger partial charge in [-0.05, 0) is 40.5 Å². The lowest BCUT2D eigenvalue weighted by molar-refractivity contribution is 0.445. The number of benzene rings is 1. The maximum atomic E-state index is 12.5. The first-order chi connectivity index (χ1) is 8.43. The molecule has 3 nitrogen and oxygen atoms in total. The first kappa shape index (κ1) is 15.7. The second kappa shape index (κ2) is 6.71. The van der Waals surface area contributed by atoms with Crippen molar-refractivity contribution in [1.29, 1.82) is 0 Å². The average molecular weight is 395 g/mol. The number of hydrogen-bond donors (Lipinski definition) is 0. The summed E-state index contributed by atoms with van der Waals surface area (Å²) < 4.78 is 27.5. The second-order valence-corrected chi connectivity index (χ2v) is 7.29. The van der Waals surface area contributed by atoms with Gasteiger partial charge in [0.15, 0.2) is 0 Å². The third-order valence-corrected chi connectivity index (χ3v) is 5.58. The Morgan fingerprint density at radius 3 is 2.61 bits per heavy atom. The van der Waals surface area contributed by atoms with E-state index in [0.717, 1.165) is 0 Å². The van der Waals surface area contributed by atoms with Crippen molar-refractivity contribution in [2.24, 2.45) is 0 Å². The van der Waals surface area contributed by atoms with Crippen LogP contribution in [0, 0.1) is 12.3 Å². The molecule has 1 aromatic carbocycles. The minimum absolute atomic E-state index is 0.0785. The topological polar surface area (TPSA) is 37.4 Å². The highest BCUT2D eigenvalue weighted by atomic mass is 79.9. The van der Waals surface area contributed by atoms with Crippen molar-refractivity contribution in [1.82, 2.24) is 4.31 Å². The molecule has 0 spiro atoms. The van der Waals surface area contributed by atoms with Gasteiger partial charge in [-0.3, -0.25) is 0 Å². The summed E-state index contributed by atoms with van der Waals surface area (Å²) in [6.07, 6.45) is 5.94. The van der Waals surface area contributed by atoms with Crippen molar-refractivity contribution >= 4 is 41.9 Å². The summed E-state index contributed by atoms with van der Waals surface area (Å²) >= 11 is 6.53. The number of halogens is 2. The van der Waals surface area contributed by atoms with Gasteiger partial charge in [-0.2, -0.15) is 4.31 Å². The van der Waals surface area contributed by atoms with Gasteiger partial charge in [0.1, 0.15) is 0 Å². The summed E-state index contributed by atoms with van der Waals surface area (Å²) in [4.78, 5) is 0.223. The molecule has 0 amide bonds. The Balaban J connectivity index is 3.26. The van der Waals surface area contributed by atoms with Gasteiger partial charge in [-0.15, -0.1) is 6.42 Å². The fourth-order valence-electron chi connectivity index (χ4n) is 1.45. The number of terminal acetylenes is 1. The van der Waals surface area contributed by atoms with Gasteiger partial charge in [-0.25, -0.2) is 8.42 Å². The Morgan fingerprint density at radius 2 is 2.06 bits per heavy atom. The number of sulfonamides is 1. The Labute approximate surface area is 125 Å². The first-order valence-electron chi connectivity index (χ1n) is 5.32. The van der Waals surface area contributed by atoms with Gasteiger partial charge in [0.05, 0.1) is 11.4 Å². The van der Waals surface area contributed by atoms with Gasteiger partial charge in [0.25, 0.3) is 0 Å². The molecule has 0 radical (unpaired) electrons. The lowest BCUT2D eigenvalue weighted by atomic mass is 10.4. The van der Waals surface area contributed by atoms with E-state index < -0.39 is 10.0 Å². The number of rotatable bonds is 5. The molecule has 0 unspecified atom stereocenters. The van der Waals surface area contributed by atoms with Gasteiger partial charge in [-0.1, -0.05) is 28.8 Å². The highest BCUT2D eigenvalue weighted by Gasteiger charge is 2.25. The van der Waals surface area contributed by atoms with Gasteiger partial charge in [0.2, 0.25) is 10.0 Å². The molecule has 0 aliphatic rings. The molecule has 0 saturated heterocycles. The lowest BCUT2D eigenvalue weighted by Crippen LogP contribution is -2.32. The van der Waals surface area contributed by atoms with Gasteiger partial charge in [0, 0.05) is 15.5 Å². The molecule has 0 aliphatic carbocycles. The van der Waals surface area contributed by atoms with Crippen LogP contribution in [0.1, 0.15) is 13.3 Å². The molecule has 0 fully saturated rings. The molecule has 0 aliphatic heterocycles. The predicted octanol–water partition coefficient (Wildman–Crippen LogP) is 3.25. The summed E-state index contributed by atoms with van der Waals surface area (Å²) in [5.41, 5.74) is 0. The normalized spacial score (nSPS) is 11.5. The molecule has 98 valence electrons. The maximum Gasteiger partial charge on any atom is 0.245 e.